The first-order valence-corrected chi connectivity index (χ1v) is 5.38. The van der Waals surface area contributed by atoms with E-state index in [1.165, 1.54) is 0 Å². The van der Waals surface area contributed by atoms with Gasteiger partial charge >= 0.3 is 0 Å². The first kappa shape index (κ1) is 13.4. The lowest BCUT2D eigenvalue weighted by molar-refractivity contribution is 0.390. The molecule has 0 saturated carbocycles. The molecule has 0 radical (unpaired) electrons. The average Bonchev–Trinajstić information content (AvgIpc) is 2.27. The molecule has 1 fully saturated rings. The van der Waals surface area contributed by atoms with E-state index in [9.17, 15) is 8.78 Å². The molecule has 16 heavy (non-hydrogen) atoms. The van der Waals surface area contributed by atoms with Crippen molar-refractivity contribution in [2.24, 2.45) is 0 Å². The minimum absolute atomic E-state index is 0. The van der Waals surface area contributed by atoms with Crippen molar-refractivity contribution in [1.29, 1.82) is 0 Å². The largest absolute Gasteiger partial charge is 0.310 e. The zero-order chi connectivity index (χ0) is 10.8. The Morgan fingerprint density at radius 3 is 2.56 bits per heavy atom. The summed E-state index contributed by atoms with van der Waals surface area (Å²) in [6.45, 7) is 2.47. The fourth-order valence-corrected chi connectivity index (χ4v) is 2.05. The van der Waals surface area contributed by atoms with Crippen molar-refractivity contribution in [2.75, 3.05) is 6.54 Å². The highest BCUT2D eigenvalue weighted by Crippen LogP contribution is 2.27. The Morgan fingerprint density at radius 2 is 1.94 bits per heavy atom. The van der Waals surface area contributed by atoms with Crippen LogP contribution >= 0.6 is 12.4 Å². The van der Waals surface area contributed by atoms with Crippen LogP contribution in [0.15, 0.2) is 12.1 Å². The predicted octanol–water partition coefficient (Wildman–Crippen LogP) is 3.51. The van der Waals surface area contributed by atoms with Gasteiger partial charge in [0.15, 0.2) is 11.6 Å². The molecule has 2 rings (SSSR count). The van der Waals surface area contributed by atoms with Crippen LogP contribution in [-0.4, -0.2) is 6.54 Å². The molecule has 4 heteroatoms. The van der Waals surface area contributed by atoms with Crippen molar-refractivity contribution in [3.05, 3.63) is 34.9 Å². The molecule has 1 aromatic carbocycles. The van der Waals surface area contributed by atoms with Crippen molar-refractivity contribution >= 4 is 12.4 Å². The molecule has 90 valence electrons. The number of rotatable bonds is 1. The highest BCUT2D eigenvalue weighted by Gasteiger charge is 2.20. The third-order valence-electron chi connectivity index (χ3n) is 2.99. The standard InChI is InChI=1S/C12H15F2N.ClH/c1-8-5-6-9(12(14)11(8)13)10-4-2-3-7-15-10;/h5-6,10,15H,2-4,7H2,1H3;1H/t10-;/m0./s1. The van der Waals surface area contributed by atoms with Gasteiger partial charge < -0.3 is 5.32 Å². The molecule has 1 aliphatic heterocycles. The van der Waals surface area contributed by atoms with Crippen molar-refractivity contribution in [2.45, 2.75) is 32.2 Å². The van der Waals surface area contributed by atoms with E-state index >= 15 is 0 Å². The van der Waals surface area contributed by atoms with E-state index in [0.29, 0.717) is 11.1 Å². The number of piperidine rings is 1. The Hall–Kier alpha value is -0.670. The monoisotopic (exact) mass is 247 g/mol. The van der Waals surface area contributed by atoms with Gasteiger partial charge in [-0.15, -0.1) is 12.4 Å². The first-order valence-electron chi connectivity index (χ1n) is 5.38. The molecule has 0 spiro atoms. The predicted molar refractivity (Wildman–Crippen MR) is 62.9 cm³/mol. The zero-order valence-electron chi connectivity index (χ0n) is 9.22. The molecule has 0 unspecified atom stereocenters. The van der Waals surface area contributed by atoms with Crippen LogP contribution in [0.1, 0.15) is 36.4 Å². The molecular formula is C12H16ClF2N. The van der Waals surface area contributed by atoms with Crippen LogP contribution in [0.3, 0.4) is 0 Å². The Morgan fingerprint density at radius 1 is 1.19 bits per heavy atom. The van der Waals surface area contributed by atoms with Gasteiger partial charge in [-0.2, -0.15) is 0 Å². The molecule has 1 N–H and O–H groups in total. The summed E-state index contributed by atoms with van der Waals surface area (Å²) in [7, 11) is 0. The van der Waals surface area contributed by atoms with E-state index < -0.39 is 11.6 Å². The summed E-state index contributed by atoms with van der Waals surface area (Å²) in [4.78, 5) is 0. The Balaban J connectivity index is 0.00000128. The van der Waals surface area contributed by atoms with Gasteiger partial charge in [0.1, 0.15) is 0 Å². The van der Waals surface area contributed by atoms with Crippen molar-refractivity contribution in [1.82, 2.24) is 5.32 Å². The quantitative estimate of drug-likeness (QED) is 0.801. The number of nitrogens with one attached hydrogen (secondary N) is 1. The van der Waals surface area contributed by atoms with Crippen LogP contribution in [0.25, 0.3) is 0 Å². The lowest BCUT2D eigenvalue weighted by Crippen LogP contribution is -2.27. The van der Waals surface area contributed by atoms with Crippen LogP contribution in [0.4, 0.5) is 8.78 Å². The molecule has 1 nitrogen and oxygen atoms in total. The molecule has 0 aliphatic carbocycles. The zero-order valence-corrected chi connectivity index (χ0v) is 10.0. The summed E-state index contributed by atoms with van der Waals surface area (Å²) < 4.78 is 27.0. The van der Waals surface area contributed by atoms with Crippen LogP contribution in [0.2, 0.25) is 0 Å². The normalized spacial score (nSPS) is 20.3. The molecule has 1 heterocycles. The Bertz CT molecular complexity index is 362. The smallest absolute Gasteiger partial charge is 0.163 e. The third-order valence-corrected chi connectivity index (χ3v) is 2.99. The minimum atomic E-state index is -0.708. The molecular weight excluding hydrogens is 232 g/mol. The molecule has 0 aromatic heterocycles. The van der Waals surface area contributed by atoms with Gasteiger partial charge in [0.05, 0.1) is 0 Å². The molecule has 1 atom stereocenters. The fourth-order valence-electron chi connectivity index (χ4n) is 2.05. The fraction of sp³-hybridized carbons (Fsp3) is 0.500. The highest BCUT2D eigenvalue weighted by atomic mass is 35.5. The van der Waals surface area contributed by atoms with E-state index in [1.807, 2.05) is 0 Å². The summed E-state index contributed by atoms with van der Waals surface area (Å²) in [6.07, 6.45) is 3.08. The second-order valence-corrected chi connectivity index (χ2v) is 4.10. The van der Waals surface area contributed by atoms with Crippen LogP contribution in [0, 0.1) is 18.6 Å². The average molecular weight is 248 g/mol. The summed E-state index contributed by atoms with van der Waals surface area (Å²) in [5.41, 5.74) is 0.838. The summed E-state index contributed by atoms with van der Waals surface area (Å²) in [5, 5.41) is 3.22. The Kier molecular flexibility index (Phi) is 4.69. The topological polar surface area (TPSA) is 12.0 Å². The highest BCUT2D eigenvalue weighted by molar-refractivity contribution is 5.85. The number of aryl methyl sites for hydroxylation is 1. The van der Waals surface area contributed by atoms with E-state index in [4.69, 9.17) is 0 Å². The maximum atomic E-state index is 13.6. The summed E-state index contributed by atoms with van der Waals surface area (Å²) >= 11 is 0. The summed E-state index contributed by atoms with van der Waals surface area (Å²) in [6, 6.07) is 3.31. The van der Waals surface area contributed by atoms with Gasteiger partial charge in [0.2, 0.25) is 0 Å². The van der Waals surface area contributed by atoms with Crippen molar-refractivity contribution in [3.63, 3.8) is 0 Å². The number of benzene rings is 1. The maximum absolute atomic E-state index is 13.6. The van der Waals surface area contributed by atoms with Gasteiger partial charge in [-0.3, -0.25) is 0 Å². The second-order valence-electron chi connectivity index (χ2n) is 4.10. The third kappa shape index (κ3) is 2.53. The lowest BCUT2D eigenvalue weighted by atomic mass is 9.96. The van der Waals surface area contributed by atoms with E-state index in [2.05, 4.69) is 5.32 Å². The molecule has 1 aromatic rings. The lowest BCUT2D eigenvalue weighted by Gasteiger charge is -2.24. The van der Waals surface area contributed by atoms with Crippen molar-refractivity contribution in [3.8, 4) is 0 Å². The molecule has 1 aliphatic rings. The minimum Gasteiger partial charge on any atom is -0.310 e. The van der Waals surface area contributed by atoms with Gasteiger partial charge in [-0.05, 0) is 31.9 Å². The maximum Gasteiger partial charge on any atom is 0.163 e. The van der Waals surface area contributed by atoms with Gasteiger partial charge in [-0.1, -0.05) is 18.6 Å². The molecule has 1 saturated heterocycles. The van der Waals surface area contributed by atoms with Gasteiger partial charge in [-0.25, -0.2) is 8.78 Å². The van der Waals surface area contributed by atoms with Crippen LogP contribution in [-0.2, 0) is 0 Å². The van der Waals surface area contributed by atoms with Crippen molar-refractivity contribution < 1.29 is 8.78 Å². The molecule has 0 bridgehead atoms. The van der Waals surface area contributed by atoms with E-state index in [-0.39, 0.29) is 18.4 Å². The second kappa shape index (κ2) is 5.60. The summed E-state index contributed by atoms with van der Waals surface area (Å²) in [5.74, 6) is -1.39. The van der Waals surface area contributed by atoms with Crippen LogP contribution < -0.4 is 5.32 Å². The Labute approximate surface area is 101 Å². The van der Waals surface area contributed by atoms with Crippen LogP contribution in [0.5, 0.6) is 0 Å². The van der Waals surface area contributed by atoms with Gasteiger partial charge in [0.25, 0.3) is 0 Å². The van der Waals surface area contributed by atoms with E-state index in [0.717, 1.165) is 25.8 Å². The number of halogens is 3. The molecule has 0 amide bonds. The number of hydrogen-bond donors (Lipinski definition) is 1. The van der Waals surface area contributed by atoms with Gasteiger partial charge in [0, 0.05) is 11.6 Å². The first-order chi connectivity index (χ1) is 7.20. The SMILES string of the molecule is Cc1ccc([C@@H]2CCCCN2)c(F)c1F.Cl. The number of hydrogen-bond acceptors (Lipinski definition) is 1. The van der Waals surface area contributed by atoms with E-state index in [1.54, 1.807) is 19.1 Å².